The number of thioether (sulfide) groups is 1. The van der Waals surface area contributed by atoms with Crippen molar-refractivity contribution in [3.05, 3.63) is 28.7 Å². The van der Waals surface area contributed by atoms with Crippen LogP contribution in [0.4, 0.5) is 0 Å². The van der Waals surface area contributed by atoms with Crippen molar-refractivity contribution in [3.8, 4) is 0 Å². The van der Waals surface area contributed by atoms with Crippen LogP contribution in [0.3, 0.4) is 0 Å². The zero-order valence-corrected chi connectivity index (χ0v) is 7.42. The molecule has 0 spiro atoms. The van der Waals surface area contributed by atoms with Crippen LogP contribution in [-0.2, 0) is 0 Å². The summed E-state index contributed by atoms with van der Waals surface area (Å²) in [6, 6.07) is 8.95. The van der Waals surface area contributed by atoms with Crippen LogP contribution in [0, 0.1) is 6.07 Å². The van der Waals surface area contributed by atoms with Gasteiger partial charge in [0, 0.05) is 9.37 Å². The highest BCUT2D eigenvalue weighted by Gasteiger charge is 1.88. The Hall–Kier alpha value is 0.0500. The largest absolute Gasteiger partial charge is 0.130 e. The van der Waals surface area contributed by atoms with Gasteiger partial charge in [-0.05, 0) is 30.5 Å². The SMILES string of the molecule is CSc1c[c]cc(Br)c1. The zero-order valence-electron chi connectivity index (χ0n) is 5.02. The van der Waals surface area contributed by atoms with E-state index < -0.39 is 0 Å². The maximum absolute atomic E-state index is 3.36. The van der Waals surface area contributed by atoms with Crippen molar-refractivity contribution in [1.29, 1.82) is 0 Å². The van der Waals surface area contributed by atoms with Gasteiger partial charge in [-0.25, -0.2) is 0 Å². The molecular weight excluding hydrogens is 196 g/mol. The van der Waals surface area contributed by atoms with Gasteiger partial charge < -0.3 is 0 Å². The third kappa shape index (κ3) is 2.03. The van der Waals surface area contributed by atoms with Gasteiger partial charge in [0.25, 0.3) is 0 Å². The van der Waals surface area contributed by atoms with Crippen LogP contribution >= 0.6 is 27.7 Å². The first-order chi connectivity index (χ1) is 4.33. The average molecular weight is 202 g/mol. The number of hydrogen-bond donors (Lipinski definition) is 0. The molecule has 0 aliphatic carbocycles. The van der Waals surface area contributed by atoms with Crippen molar-refractivity contribution in [3.63, 3.8) is 0 Å². The molecule has 0 bridgehead atoms. The van der Waals surface area contributed by atoms with Gasteiger partial charge in [0.05, 0.1) is 0 Å². The molecule has 1 aromatic rings. The van der Waals surface area contributed by atoms with E-state index in [0.717, 1.165) is 4.47 Å². The molecule has 0 atom stereocenters. The predicted octanol–water partition coefficient (Wildman–Crippen LogP) is 2.97. The Bertz CT molecular complexity index is 198. The molecule has 0 aliphatic heterocycles. The predicted molar refractivity (Wildman–Crippen MR) is 44.8 cm³/mol. The molecule has 0 nitrogen and oxygen atoms in total. The van der Waals surface area contributed by atoms with Crippen LogP contribution in [0.15, 0.2) is 27.6 Å². The smallest absolute Gasteiger partial charge is 0.0192 e. The molecule has 0 heterocycles. The third-order valence-electron chi connectivity index (χ3n) is 0.963. The maximum Gasteiger partial charge on any atom is 0.0192 e. The molecule has 1 radical (unpaired) electrons. The normalized spacial score (nSPS) is 9.56. The van der Waals surface area contributed by atoms with E-state index in [-0.39, 0.29) is 0 Å². The highest BCUT2D eigenvalue weighted by molar-refractivity contribution is 9.10. The summed E-state index contributed by atoms with van der Waals surface area (Å²) in [4.78, 5) is 1.24. The highest BCUT2D eigenvalue weighted by Crippen LogP contribution is 2.18. The Morgan fingerprint density at radius 2 is 2.33 bits per heavy atom. The molecule has 0 saturated carbocycles. The fourth-order valence-electron chi connectivity index (χ4n) is 0.540. The van der Waals surface area contributed by atoms with Gasteiger partial charge in [-0.15, -0.1) is 11.8 Å². The van der Waals surface area contributed by atoms with Gasteiger partial charge in [-0.1, -0.05) is 15.9 Å². The second-order valence-corrected chi connectivity index (χ2v) is 3.39. The minimum Gasteiger partial charge on any atom is -0.130 e. The number of rotatable bonds is 1. The monoisotopic (exact) mass is 201 g/mol. The minimum absolute atomic E-state index is 1.09. The van der Waals surface area contributed by atoms with Gasteiger partial charge in [0.1, 0.15) is 0 Å². The highest BCUT2D eigenvalue weighted by atomic mass is 79.9. The second-order valence-electron chi connectivity index (χ2n) is 1.59. The molecule has 47 valence electrons. The molecule has 0 fully saturated rings. The Kier molecular flexibility index (Phi) is 2.61. The van der Waals surface area contributed by atoms with Crippen LogP contribution in [0.25, 0.3) is 0 Å². The Morgan fingerprint density at radius 1 is 1.56 bits per heavy atom. The van der Waals surface area contributed by atoms with Gasteiger partial charge >= 0.3 is 0 Å². The average Bonchev–Trinajstić information content (AvgIpc) is 1.88. The van der Waals surface area contributed by atoms with E-state index in [1.807, 2.05) is 12.1 Å². The summed E-state index contributed by atoms with van der Waals surface area (Å²) in [6.07, 6.45) is 2.05. The van der Waals surface area contributed by atoms with Crippen LogP contribution in [0.1, 0.15) is 0 Å². The summed E-state index contributed by atoms with van der Waals surface area (Å²) < 4.78 is 1.09. The van der Waals surface area contributed by atoms with Gasteiger partial charge in [0.15, 0.2) is 0 Å². The zero-order chi connectivity index (χ0) is 6.69. The molecule has 2 heteroatoms. The van der Waals surface area contributed by atoms with Gasteiger partial charge in [-0.2, -0.15) is 0 Å². The van der Waals surface area contributed by atoms with E-state index in [4.69, 9.17) is 0 Å². The number of halogens is 1. The Labute approximate surface area is 67.8 Å². The molecule has 0 amide bonds. The molecule has 0 unspecified atom stereocenters. The Balaban J connectivity index is 2.94. The van der Waals surface area contributed by atoms with Gasteiger partial charge in [0.2, 0.25) is 0 Å². The molecule has 0 saturated heterocycles. The van der Waals surface area contributed by atoms with Crippen LogP contribution < -0.4 is 0 Å². The van der Waals surface area contributed by atoms with Crippen molar-refractivity contribution in [1.82, 2.24) is 0 Å². The molecule has 1 aromatic carbocycles. The molecular formula is C7H6BrS. The van der Waals surface area contributed by atoms with E-state index >= 15 is 0 Å². The molecule has 0 aliphatic rings. The van der Waals surface area contributed by atoms with E-state index in [9.17, 15) is 0 Å². The lowest BCUT2D eigenvalue weighted by molar-refractivity contribution is 1.43. The van der Waals surface area contributed by atoms with Crippen molar-refractivity contribution in [2.45, 2.75) is 4.90 Å². The first-order valence-electron chi connectivity index (χ1n) is 2.53. The standard InChI is InChI=1S/C7H6BrS/c1-9-7-4-2-3-6(8)5-7/h3-5H,1H3. The fraction of sp³-hybridized carbons (Fsp3) is 0.143. The first-order valence-corrected chi connectivity index (χ1v) is 4.55. The summed E-state index contributed by atoms with van der Waals surface area (Å²) in [7, 11) is 0. The maximum atomic E-state index is 3.36. The summed E-state index contributed by atoms with van der Waals surface area (Å²) >= 11 is 5.08. The van der Waals surface area contributed by atoms with Crippen molar-refractivity contribution in [2.75, 3.05) is 6.26 Å². The fourth-order valence-corrected chi connectivity index (χ4v) is 1.50. The quantitative estimate of drug-likeness (QED) is 0.631. The summed E-state index contributed by atoms with van der Waals surface area (Å²) in [6.45, 7) is 0. The molecule has 0 N–H and O–H groups in total. The van der Waals surface area contributed by atoms with E-state index in [1.165, 1.54) is 4.90 Å². The minimum atomic E-state index is 1.09. The van der Waals surface area contributed by atoms with Crippen LogP contribution in [0.5, 0.6) is 0 Å². The lowest BCUT2D eigenvalue weighted by Crippen LogP contribution is -1.67. The van der Waals surface area contributed by atoms with Crippen LogP contribution in [0.2, 0.25) is 0 Å². The summed E-state index contributed by atoms with van der Waals surface area (Å²) in [5, 5.41) is 0. The number of hydrogen-bond acceptors (Lipinski definition) is 1. The molecule has 1 rings (SSSR count). The number of benzene rings is 1. The van der Waals surface area contributed by atoms with Gasteiger partial charge in [-0.3, -0.25) is 0 Å². The topological polar surface area (TPSA) is 0 Å². The van der Waals surface area contributed by atoms with E-state index in [0.29, 0.717) is 0 Å². The van der Waals surface area contributed by atoms with Crippen molar-refractivity contribution < 1.29 is 0 Å². The van der Waals surface area contributed by atoms with E-state index in [2.05, 4.69) is 34.3 Å². The summed E-state index contributed by atoms with van der Waals surface area (Å²) in [5.41, 5.74) is 0. The lowest BCUT2D eigenvalue weighted by atomic mass is 10.4. The molecule has 0 aromatic heterocycles. The second kappa shape index (κ2) is 3.28. The molecule has 9 heavy (non-hydrogen) atoms. The van der Waals surface area contributed by atoms with E-state index in [1.54, 1.807) is 11.8 Å². The van der Waals surface area contributed by atoms with Crippen molar-refractivity contribution in [2.24, 2.45) is 0 Å². The first kappa shape index (κ1) is 7.16. The lowest BCUT2D eigenvalue weighted by Gasteiger charge is -1.93. The summed E-state index contributed by atoms with van der Waals surface area (Å²) in [5.74, 6) is 0. The van der Waals surface area contributed by atoms with Crippen LogP contribution in [-0.4, -0.2) is 6.26 Å². The van der Waals surface area contributed by atoms with Crippen molar-refractivity contribution >= 4 is 27.7 Å². The Morgan fingerprint density at radius 3 is 2.78 bits per heavy atom. The third-order valence-corrected chi connectivity index (χ3v) is 2.13.